The molecule has 2 aromatic rings. The maximum atomic E-state index is 12.6. The van der Waals surface area contributed by atoms with Crippen LogP contribution >= 0.6 is 0 Å². The number of rotatable bonds is 8. The first-order valence-electron chi connectivity index (χ1n) is 10.1. The van der Waals surface area contributed by atoms with Crippen molar-refractivity contribution in [3.8, 4) is 5.75 Å². The van der Waals surface area contributed by atoms with Gasteiger partial charge in [-0.25, -0.2) is 4.99 Å². The summed E-state index contributed by atoms with van der Waals surface area (Å²) in [7, 11) is 0. The first-order valence-corrected chi connectivity index (χ1v) is 10.1. The number of benzene rings is 2. The number of carbonyl (C=O) groups is 1. The van der Waals surface area contributed by atoms with Gasteiger partial charge < -0.3 is 25.4 Å². The molecule has 0 aliphatic carbocycles. The molecule has 9 heteroatoms. The SMILES string of the molecule is CCNC(=NCC(=O)N1CCc2ccccc21)NCC(O)c1ccc(OC(F)F)cc1. The molecule has 0 radical (unpaired) electrons. The summed E-state index contributed by atoms with van der Waals surface area (Å²) >= 11 is 0. The van der Waals surface area contributed by atoms with Crippen LogP contribution in [0.15, 0.2) is 53.5 Å². The number of halogens is 2. The summed E-state index contributed by atoms with van der Waals surface area (Å²) in [6.45, 7) is 0.326. The number of fused-ring (bicyclic) bond motifs is 1. The van der Waals surface area contributed by atoms with Crippen LogP contribution in [0, 0.1) is 0 Å². The summed E-state index contributed by atoms with van der Waals surface area (Å²) in [5.41, 5.74) is 2.61. The summed E-state index contributed by atoms with van der Waals surface area (Å²) in [6.07, 6.45) is -0.0669. The molecule has 0 aromatic heterocycles. The molecule has 166 valence electrons. The van der Waals surface area contributed by atoms with Crippen LogP contribution in [0.1, 0.15) is 24.2 Å². The van der Waals surface area contributed by atoms with Gasteiger partial charge in [-0.2, -0.15) is 8.78 Å². The maximum absolute atomic E-state index is 12.6. The van der Waals surface area contributed by atoms with Crippen molar-refractivity contribution >= 4 is 17.6 Å². The van der Waals surface area contributed by atoms with Crippen LogP contribution in [0.25, 0.3) is 0 Å². The zero-order valence-corrected chi connectivity index (χ0v) is 17.2. The molecule has 0 saturated carbocycles. The average molecular weight is 432 g/mol. The predicted octanol–water partition coefficient (Wildman–Crippen LogP) is 2.47. The van der Waals surface area contributed by atoms with Gasteiger partial charge in [-0.15, -0.1) is 0 Å². The third-order valence-electron chi connectivity index (χ3n) is 4.86. The number of para-hydroxylation sites is 1. The van der Waals surface area contributed by atoms with E-state index in [0.29, 0.717) is 24.6 Å². The molecular weight excluding hydrogens is 406 g/mol. The quantitative estimate of drug-likeness (QED) is 0.441. The number of nitrogens with zero attached hydrogens (tertiary/aromatic N) is 2. The summed E-state index contributed by atoms with van der Waals surface area (Å²) in [5, 5.41) is 16.4. The van der Waals surface area contributed by atoms with Crippen molar-refractivity contribution in [3.63, 3.8) is 0 Å². The molecule has 0 bridgehead atoms. The molecule has 0 fully saturated rings. The van der Waals surface area contributed by atoms with Crippen molar-refractivity contribution in [1.29, 1.82) is 0 Å². The van der Waals surface area contributed by atoms with Gasteiger partial charge in [0, 0.05) is 25.3 Å². The molecule has 2 aromatic carbocycles. The Morgan fingerprint density at radius 1 is 1.19 bits per heavy atom. The molecule has 3 N–H and O–H groups in total. The van der Waals surface area contributed by atoms with Crippen molar-refractivity contribution in [2.24, 2.45) is 4.99 Å². The molecule has 0 spiro atoms. The van der Waals surface area contributed by atoms with E-state index in [1.807, 2.05) is 31.2 Å². The average Bonchev–Trinajstić information content (AvgIpc) is 3.19. The highest BCUT2D eigenvalue weighted by Crippen LogP contribution is 2.27. The van der Waals surface area contributed by atoms with Crippen LogP contribution < -0.4 is 20.3 Å². The fourth-order valence-electron chi connectivity index (χ4n) is 3.35. The number of anilines is 1. The largest absolute Gasteiger partial charge is 0.435 e. The molecule has 3 rings (SSSR count). The van der Waals surface area contributed by atoms with E-state index in [1.165, 1.54) is 24.3 Å². The number of carbonyl (C=O) groups excluding carboxylic acids is 1. The molecule has 1 atom stereocenters. The highest BCUT2D eigenvalue weighted by molar-refractivity contribution is 5.98. The number of nitrogens with one attached hydrogen (secondary N) is 2. The maximum Gasteiger partial charge on any atom is 0.387 e. The van der Waals surface area contributed by atoms with E-state index in [1.54, 1.807) is 4.90 Å². The van der Waals surface area contributed by atoms with Crippen molar-refractivity contribution in [2.45, 2.75) is 26.1 Å². The highest BCUT2D eigenvalue weighted by atomic mass is 19.3. The van der Waals surface area contributed by atoms with E-state index in [0.717, 1.165) is 17.7 Å². The topological polar surface area (TPSA) is 86.2 Å². The minimum atomic E-state index is -2.90. The zero-order chi connectivity index (χ0) is 22.2. The summed E-state index contributed by atoms with van der Waals surface area (Å²) in [5.74, 6) is 0.327. The van der Waals surface area contributed by atoms with Crippen LogP contribution in [-0.2, 0) is 11.2 Å². The van der Waals surface area contributed by atoms with Crippen molar-refractivity contribution in [2.75, 3.05) is 31.1 Å². The van der Waals surface area contributed by atoms with Gasteiger partial charge in [-0.1, -0.05) is 30.3 Å². The Kier molecular flexibility index (Phi) is 7.77. The smallest absolute Gasteiger partial charge is 0.387 e. The lowest BCUT2D eigenvalue weighted by Gasteiger charge is -2.18. The normalized spacial score (nSPS) is 14.4. The van der Waals surface area contributed by atoms with Crippen LogP contribution in [0.5, 0.6) is 5.75 Å². The molecule has 1 aliphatic rings. The second kappa shape index (κ2) is 10.7. The number of alkyl halides is 2. The standard InChI is InChI=1S/C22H26F2N4O3/c1-2-25-22(26-13-19(29)16-7-9-17(10-8-16)31-21(23)24)27-14-20(30)28-12-11-15-5-3-4-6-18(15)28/h3-10,19,21,29H,2,11-14H2,1H3,(H2,25,26,27). The summed E-state index contributed by atoms with van der Waals surface area (Å²) in [6, 6.07) is 13.6. The van der Waals surface area contributed by atoms with Crippen LogP contribution in [0.4, 0.5) is 14.5 Å². The number of hydrogen-bond donors (Lipinski definition) is 3. The Bertz CT molecular complexity index is 906. The highest BCUT2D eigenvalue weighted by Gasteiger charge is 2.23. The number of amides is 1. The zero-order valence-electron chi connectivity index (χ0n) is 17.2. The van der Waals surface area contributed by atoms with Gasteiger partial charge >= 0.3 is 6.61 Å². The molecule has 7 nitrogen and oxygen atoms in total. The monoisotopic (exact) mass is 432 g/mol. The molecule has 1 amide bonds. The van der Waals surface area contributed by atoms with Gasteiger partial charge in [0.15, 0.2) is 5.96 Å². The molecule has 1 unspecified atom stereocenters. The Hall–Kier alpha value is -3.20. The Balaban J connectivity index is 1.55. The van der Waals surface area contributed by atoms with Gasteiger partial charge in [0.25, 0.3) is 0 Å². The predicted molar refractivity (Wildman–Crippen MR) is 115 cm³/mol. The summed E-state index contributed by atoms with van der Waals surface area (Å²) < 4.78 is 28.8. The molecular formula is C22H26F2N4O3. The van der Waals surface area contributed by atoms with E-state index in [-0.39, 0.29) is 24.7 Å². The van der Waals surface area contributed by atoms with Gasteiger partial charge in [0.05, 0.1) is 6.10 Å². The van der Waals surface area contributed by atoms with Gasteiger partial charge in [-0.3, -0.25) is 4.79 Å². The Labute approximate surface area is 179 Å². The van der Waals surface area contributed by atoms with E-state index < -0.39 is 12.7 Å². The van der Waals surface area contributed by atoms with E-state index in [9.17, 15) is 18.7 Å². The number of guanidine groups is 1. The van der Waals surface area contributed by atoms with Gasteiger partial charge in [0.1, 0.15) is 12.3 Å². The van der Waals surface area contributed by atoms with Crippen LogP contribution in [0.2, 0.25) is 0 Å². The van der Waals surface area contributed by atoms with Crippen molar-refractivity contribution < 1.29 is 23.4 Å². The van der Waals surface area contributed by atoms with Crippen LogP contribution in [0.3, 0.4) is 0 Å². The molecule has 31 heavy (non-hydrogen) atoms. The van der Waals surface area contributed by atoms with E-state index in [4.69, 9.17) is 0 Å². The lowest BCUT2D eigenvalue weighted by atomic mass is 10.1. The van der Waals surface area contributed by atoms with Gasteiger partial charge in [-0.05, 0) is 42.7 Å². The van der Waals surface area contributed by atoms with Crippen molar-refractivity contribution in [3.05, 3.63) is 59.7 Å². The number of ether oxygens (including phenoxy) is 1. The molecule has 1 aliphatic heterocycles. The number of aliphatic hydroxyl groups is 1. The molecule has 1 heterocycles. The van der Waals surface area contributed by atoms with Crippen molar-refractivity contribution in [1.82, 2.24) is 10.6 Å². The lowest BCUT2D eigenvalue weighted by molar-refractivity contribution is -0.117. The number of aliphatic hydroxyl groups excluding tert-OH is 1. The fraction of sp³-hybridized carbons (Fsp3) is 0.364. The summed E-state index contributed by atoms with van der Waals surface area (Å²) in [4.78, 5) is 18.7. The first kappa shape index (κ1) is 22.5. The first-order chi connectivity index (χ1) is 15.0. The number of aliphatic imine (C=N–C) groups is 1. The third kappa shape index (κ3) is 6.14. The lowest BCUT2D eigenvalue weighted by Crippen LogP contribution is -2.40. The Morgan fingerprint density at radius 3 is 2.65 bits per heavy atom. The molecule has 0 saturated heterocycles. The third-order valence-corrected chi connectivity index (χ3v) is 4.86. The van der Waals surface area contributed by atoms with E-state index in [2.05, 4.69) is 20.4 Å². The fourth-order valence-corrected chi connectivity index (χ4v) is 3.35. The second-order valence-corrected chi connectivity index (χ2v) is 6.96. The Morgan fingerprint density at radius 2 is 1.94 bits per heavy atom. The number of hydrogen-bond acceptors (Lipinski definition) is 4. The van der Waals surface area contributed by atoms with Gasteiger partial charge in [0.2, 0.25) is 5.91 Å². The van der Waals surface area contributed by atoms with Crippen LogP contribution in [-0.4, -0.2) is 49.8 Å². The minimum Gasteiger partial charge on any atom is -0.435 e. The second-order valence-electron chi connectivity index (χ2n) is 6.96. The van der Waals surface area contributed by atoms with E-state index >= 15 is 0 Å². The minimum absolute atomic E-state index is 0.0239.